The Labute approximate surface area is 125 Å². The van der Waals surface area contributed by atoms with Gasteiger partial charge in [-0.15, -0.1) is 0 Å². The van der Waals surface area contributed by atoms with Crippen molar-refractivity contribution in [1.82, 2.24) is 0 Å². The van der Waals surface area contributed by atoms with Gasteiger partial charge in [-0.3, -0.25) is 0 Å². The third-order valence-corrected chi connectivity index (χ3v) is 4.31. The van der Waals surface area contributed by atoms with E-state index < -0.39 is 9.84 Å². The maximum Gasteiger partial charge on any atom is 0.177 e. The molecule has 1 atom stereocenters. The van der Waals surface area contributed by atoms with Crippen molar-refractivity contribution in [3.8, 4) is 0 Å². The first kappa shape index (κ1) is 15.5. The zero-order valence-electron chi connectivity index (χ0n) is 12.1. The summed E-state index contributed by atoms with van der Waals surface area (Å²) in [5.74, 6) is 0. The number of rotatable bonds is 6. The van der Waals surface area contributed by atoms with E-state index in [1.54, 1.807) is 25.3 Å². The van der Waals surface area contributed by atoms with Crippen LogP contribution in [0.15, 0.2) is 59.5 Å². The summed E-state index contributed by atoms with van der Waals surface area (Å²) >= 11 is 0. The molecule has 21 heavy (non-hydrogen) atoms. The molecule has 0 saturated carbocycles. The van der Waals surface area contributed by atoms with E-state index in [0.29, 0.717) is 17.2 Å². The number of benzene rings is 2. The maximum atomic E-state index is 11.9. The van der Waals surface area contributed by atoms with Gasteiger partial charge in [0.1, 0.15) is 0 Å². The summed E-state index contributed by atoms with van der Waals surface area (Å²) in [5.41, 5.74) is 1.63. The summed E-state index contributed by atoms with van der Waals surface area (Å²) in [6.45, 7) is 0.447. The molecule has 0 aliphatic carbocycles. The van der Waals surface area contributed by atoms with Gasteiger partial charge in [0.25, 0.3) is 0 Å². The maximum absolute atomic E-state index is 11.9. The lowest BCUT2D eigenvalue weighted by atomic mass is 10.1. The molecule has 0 saturated heterocycles. The van der Waals surface area contributed by atoms with Crippen molar-refractivity contribution >= 4 is 15.5 Å². The molecule has 0 fully saturated rings. The van der Waals surface area contributed by atoms with Gasteiger partial charge in [-0.1, -0.05) is 42.5 Å². The minimum Gasteiger partial charge on any atom is -0.382 e. The number of hydrogen-bond donors (Lipinski definition) is 1. The van der Waals surface area contributed by atoms with E-state index in [2.05, 4.69) is 5.32 Å². The lowest BCUT2D eigenvalue weighted by Crippen LogP contribution is -2.17. The predicted octanol–water partition coefficient (Wildman–Crippen LogP) is 2.89. The Morgan fingerprint density at radius 2 is 1.67 bits per heavy atom. The monoisotopic (exact) mass is 305 g/mol. The van der Waals surface area contributed by atoms with Crippen LogP contribution in [0.4, 0.5) is 5.69 Å². The highest BCUT2D eigenvalue weighted by Crippen LogP contribution is 2.26. The van der Waals surface area contributed by atoms with Gasteiger partial charge >= 0.3 is 0 Å². The van der Waals surface area contributed by atoms with Gasteiger partial charge in [0.15, 0.2) is 9.84 Å². The Kier molecular flexibility index (Phi) is 4.98. The molecule has 0 heterocycles. The quantitative estimate of drug-likeness (QED) is 0.891. The zero-order valence-corrected chi connectivity index (χ0v) is 12.9. The fourth-order valence-electron chi connectivity index (χ4n) is 2.17. The van der Waals surface area contributed by atoms with Crippen molar-refractivity contribution < 1.29 is 13.2 Å². The first-order chi connectivity index (χ1) is 10.0. The third kappa shape index (κ3) is 4.06. The molecule has 2 aromatic carbocycles. The van der Waals surface area contributed by atoms with Crippen molar-refractivity contribution in [2.24, 2.45) is 0 Å². The molecule has 5 heteroatoms. The van der Waals surface area contributed by atoms with Gasteiger partial charge < -0.3 is 10.1 Å². The second-order valence-corrected chi connectivity index (χ2v) is 6.82. The molecule has 0 aromatic heterocycles. The summed E-state index contributed by atoms with van der Waals surface area (Å²) in [5, 5.41) is 3.27. The van der Waals surface area contributed by atoms with Crippen LogP contribution in [0.5, 0.6) is 0 Å². The van der Waals surface area contributed by atoms with Crippen LogP contribution in [-0.4, -0.2) is 28.4 Å². The number of methoxy groups -OCH3 is 1. The highest BCUT2D eigenvalue weighted by molar-refractivity contribution is 7.90. The molecule has 4 nitrogen and oxygen atoms in total. The van der Waals surface area contributed by atoms with Gasteiger partial charge in [0.05, 0.1) is 23.2 Å². The van der Waals surface area contributed by atoms with E-state index in [4.69, 9.17) is 4.74 Å². The first-order valence-corrected chi connectivity index (χ1v) is 8.51. The molecule has 0 spiro atoms. The van der Waals surface area contributed by atoms with Crippen LogP contribution in [0, 0.1) is 0 Å². The van der Waals surface area contributed by atoms with Gasteiger partial charge in [-0.05, 0) is 17.7 Å². The second kappa shape index (κ2) is 6.74. The molecule has 0 bridgehead atoms. The van der Waals surface area contributed by atoms with Crippen LogP contribution in [0.25, 0.3) is 0 Å². The first-order valence-electron chi connectivity index (χ1n) is 6.62. The fraction of sp³-hybridized carbons (Fsp3) is 0.250. The van der Waals surface area contributed by atoms with Crippen LogP contribution in [0.1, 0.15) is 11.6 Å². The zero-order chi connectivity index (χ0) is 15.3. The van der Waals surface area contributed by atoms with Crippen LogP contribution in [0.3, 0.4) is 0 Å². The Bertz CT molecular complexity index is 684. The van der Waals surface area contributed by atoms with E-state index in [1.165, 1.54) is 6.26 Å². The van der Waals surface area contributed by atoms with E-state index in [9.17, 15) is 8.42 Å². The van der Waals surface area contributed by atoms with E-state index in [0.717, 1.165) is 5.56 Å². The smallest absolute Gasteiger partial charge is 0.177 e. The topological polar surface area (TPSA) is 55.4 Å². The SMILES string of the molecule is COCC(Nc1ccccc1S(C)(=O)=O)c1ccccc1. The average molecular weight is 305 g/mol. The molecule has 0 amide bonds. The lowest BCUT2D eigenvalue weighted by Gasteiger charge is -2.21. The van der Waals surface area contributed by atoms with Crippen molar-refractivity contribution in [3.63, 3.8) is 0 Å². The third-order valence-electron chi connectivity index (χ3n) is 3.15. The minimum atomic E-state index is -3.28. The summed E-state index contributed by atoms with van der Waals surface area (Å²) in [6, 6.07) is 16.6. The molecule has 2 aromatic rings. The van der Waals surface area contributed by atoms with Crippen LogP contribution in [-0.2, 0) is 14.6 Å². The number of hydrogen-bond acceptors (Lipinski definition) is 4. The highest BCUT2D eigenvalue weighted by Gasteiger charge is 2.17. The number of anilines is 1. The Hall–Kier alpha value is -1.85. The van der Waals surface area contributed by atoms with Gasteiger partial charge in [-0.2, -0.15) is 0 Å². The van der Waals surface area contributed by atoms with Gasteiger partial charge in [-0.25, -0.2) is 8.42 Å². The Morgan fingerprint density at radius 3 is 2.29 bits per heavy atom. The van der Waals surface area contributed by atoms with Gasteiger partial charge in [0.2, 0.25) is 0 Å². The fourth-order valence-corrected chi connectivity index (χ4v) is 3.02. The average Bonchev–Trinajstić information content (AvgIpc) is 2.47. The number of nitrogens with one attached hydrogen (secondary N) is 1. The predicted molar refractivity (Wildman–Crippen MR) is 84.2 cm³/mol. The molecule has 112 valence electrons. The molecular weight excluding hydrogens is 286 g/mol. The number of ether oxygens (including phenoxy) is 1. The van der Waals surface area contributed by atoms with Crippen LogP contribution in [0.2, 0.25) is 0 Å². The number of sulfone groups is 1. The molecule has 0 aliphatic heterocycles. The molecule has 2 rings (SSSR count). The van der Waals surface area contributed by atoms with Crippen molar-refractivity contribution in [1.29, 1.82) is 0 Å². The largest absolute Gasteiger partial charge is 0.382 e. The van der Waals surface area contributed by atoms with Crippen molar-refractivity contribution in [3.05, 3.63) is 60.2 Å². The summed E-state index contributed by atoms with van der Waals surface area (Å²) in [7, 11) is -1.65. The van der Waals surface area contributed by atoms with Crippen molar-refractivity contribution in [2.45, 2.75) is 10.9 Å². The van der Waals surface area contributed by atoms with Crippen LogP contribution < -0.4 is 5.32 Å². The Morgan fingerprint density at radius 1 is 1.05 bits per heavy atom. The van der Waals surface area contributed by atoms with E-state index in [1.807, 2.05) is 36.4 Å². The summed E-state index contributed by atoms with van der Waals surface area (Å²) in [6.07, 6.45) is 1.21. The summed E-state index contributed by atoms with van der Waals surface area (Å²) < 4.78 is 29.0. The van der Waals surface area contributed by atoms with E-state index in [-0.39, 0.29) is 6.04 Å². The highest BCUT2D eigenvalue weighted by atomic mass is 32.2. The second-order valence-electron chi connectivity index (χ2n) is 4.83. The molecule has 0 radical (unpaired) electrons. The molecule has 0 aliphatic rings. The summed E-state index contributed by atoms with van der Waals surface area (Å²) in [4.78, 5) is 0.294. The normalized spacial score (nSPS) is 12.9. The lowest BCUT2D eigenvalue weighted by molar-refractivity contribution is 0.186. The van der Waals surface area contributed by atoms with Crippen molar-refractivity contribution in [2.75, 3.05) is 25.3 Å². The molecule has 1 N–H and O–H groups in total. The molecular formula is C16H19NO3S. The number of para-hydroxylation sites is 1. The van der Waals surface area contributed by atoms with E-state index >= 15 is 0 Å². The van der Waals surface area contributed by atoms with Gasteiger partial charge in [0, 0.05) is 13.4 Å². The standard InChI is InChI=1S/C16H19NO3S/c1-20-12-15(13-8-4-3-5-9-13)17-14-10-6-7-11-16(14)21(2,18)19/h3-11,15,17H,12H2,1-2H3. The minimum absolute atomic E-state index is 0.112. The molecule has 1 unspecified atom stereocenters. The van der Waals surface area contributed by atoms with Crippen LogP contribution >= 0.6 is 0 Å². The Balaban J connectivity index is 2.35.